The molecule has 3 amide bonds. The average molecular weight is 413 g/mol. The first-order chi connectivity index (χ1) is 14.3. The van der Waals surface area contributed by atoms with Crippen molar-refractivity contribution in [3.8, 4) is 0 Å². The van der Waals surface area contributed by atoms with Crippen LogP contribution in [0.3, 0.4) is 0 Å². The molecule has 0 saturated carbocycles. The van der Waals surface area contributed by atoms with Crippen molar-refractivity contribution < 1.29 is 27.9 Å². The Hall–Kier alpha value is -3.88. The molecule has 0 spiro atoms. The smallest absolute Gasteiger partial charge is 0.340 e. The zero-order valence-corrected chi connectivity index (χ0v) is 16.4. The van der Waals surface area contributed by atoms with Gasteiger partial charge in [0.15, 0.2) is 6.61 Å². The van der Waals surface area contributed by atoms with E-state index >= 15 is 0 Å². The summed E-state index contributed by atoms with van der Waals surface area (Å²) in [7, 11) is 0. The largest absolute Gasteiger partial charge is 0.467 e. The normalized spacial score (nSPS) is 10.5. The van der Waals surface area contributed by atoms with Crippen LogP contribution in [0.1, 0.15) is 27.5 Å². The molecule has 1 aromatic carbocycles. The van der Waals surface area contributed by atoms with E-state index in [2.05, 4.69) is 5.32 Å². The van der Waals surface area contributed by atoms with Gasteiger partial charge in [0.1, 0.15) is 11.6 Å². The number of urea groups is 1. The van der Waals surface area contributed by atoms with Gasteiger partial charge in [-0.3, -0.25) is 10.1 Å². The van der Waals surface area contributed by atoms with Crippen LogP contribution in [0.25, 0.3) is 0 Å². The maximum absolute atomic E-state index is 13.5. The molecule has 0 aliphatic carbocycles. The standard InChI is InChI=1S/C21H20FN3O5/c1-13-10-16(14(2)25(13)11-15-6-5-9-29-15)20(27)30-12-19(26)24-21(28)23-18-8-4-3-7-17(18)22/h3-10H,11-12H2,1-2H3,(H2,23,24,26,28). The number of aryl methyl sites for hydroxylation is 1. The lowest BCUT2D eigenvalue weighted by molar-refractivity contribution is -0.123. The highest BCUT2D eigenvalue weighted by atomic mass is 19.1. The molecule has 9 heteroatoms. The first-order valence-electron chi connectivity index (χ1n) is 9.06. The van der Waals surface area contributed by atoms with Gasteiger partial charge in [0.2, 0.25) is 0 Å². The second kappa shape index (κ2) is 9.08. The molecule has 0 fully saturated rings. The van der Waals surface area contributed by atoms with Crippen molar-refractivity contribution >= 4 is 23.6 Å². The van der Waals surface area contributed by atoms with E-state index in [1.165, 1.54) is 24.3 Å². The number of nitrogens with zero attached hydrogens (tertiary/aromatic N) is 1. The first kappa shape index (κ1) is 20.8. The van der Waals surface area contributed by atoms with Crippen LogP contribution in [0.2, 0.25) is 0 Å². The summed E-state index contributed by atoms with van der Waals surface area (Å²) in [5, 5.41) is 4.18. The molecular formula is C21H20FN3O5. The van der Waals surface area contributed by atoms with Gasteiger partial charge in [-0.25, -0.2) is 14.0 Å². The van der Waals surface area contributed by atoms with Crippen molar-refractivity contribution in [1.82, 2.24) is 9.88 Å². The number of amides is 3. The Balaban J connectivity index is 1.54. The van der Waals surface area contributed by atoms with Gasteiger partial charge in [-0.1, -0.05) is 12.1 Å². The number of rotatable bonds is 6. The Labute approximate surface area is 171 Å². The Morgan fingerprint density at radius 2 is 1.90 bits per heavy atom. The highest BCUT2D eigenvalue weighted by molar-refractivity contribution is 6.02. The molecule has 156 valence electrons. The topological polar surface area (TPSA) is 103 Å². The number of anilines is 1. The summed E-state index contributed by atoms with van der Waals surface area (Å²) in [6.07, 6.45) is 1.57. The van der Waals surface area contributed by atoms with Crippen LogP contribution >= 0.6 is 0 Å². The minimum Gasteiger partial charge on any atom is -0.467 e. The number of carbonyl (C=O) groups excluding carboxylic acids is 3. The molecule has 0 bridgehead atoms. The fraction of sp³-hybridized carbons (Fsp3) is 0.190. The summed E-state index contributed by atoms with van der Waals surface area (Å²) in [4.78, 5) is 36.0. The molecule has 2 aromatic heterocycles. The summed E-state index contributed by atoms with van der Waals surface area (Å²) in [6.45, 7) is 3.39. The number of furan rings is 1. The SMILES string of the molecule is Cc1cc(C(=O)OCC(=O)NC(=O)Nc2ccccc2F)c(C)n1Cc1ccco1. The van der Waals surface area contributed by atoms with E-state index in [-0.39, 0.29) is 5.69 Å². The third kappa shape index (κ3) is 4.93. The van der Waals surface area contributed by atoms with Gasteiger partial charge in [-0.2, -0.15) is 0 Å². The second-order valence-corrected chi connectivity index (χ2v) is 6.51. The third-order valence-corrected chi connectivity index (χ3v) is 4.40. The molecule has 0 aliphatic rings. The lowest BCUT2D eigenvalue weighted by Gasteiger charge is -2.09. The predicted octanol–water partition coefficient (Wildman–Crippen LogP) is 3.39. The molecule has 2 N–H and O–H groups in total. The monoisotopic (exact) mass is 413 g/mol. The van der Waals surface area contributed by atoms with Crippen molar-refractivity contribution in [2.75, 3.05) is 11.9 Å². The molecule has 0 saturated heterocycles. The predicted molar refractivity (Wildman–Crippen MR) is 106 cm³/mol. The van der Waals surface area contributed by atoms with Crippen LogP contribution in [0.4, 0.5) is 14.9 Å². The number of benzene rings is 1. The molecule has 0 unspecified atom stereocenters. The van der Waals surface area contributed by atoms with E-state index in [4.69, 9.17) is 9.15 Å². The number of imide groups is 1. The van der Waals surface area contributed by atoms with Crippen LogP contribution in [-0.2, 0) is 16.1 Å². The maximum Gasteiger partial charge on any atom is 0.340 e. The molecule has 8 nitrogen and oxygen atoms in total. The number of nitrogens with one attached hydrogen (secondary N) is 2. The highest BCUT2D eigenvalue weighted by Crippen LogP contribution is 2.18. The van der Waals surface area contributed by atoms with Crippen molar-refractivity contribution in [3.63, 3.8) is 0 Å². The summed E-state index contributed by atoms with van der Waals surface area (Å²) in [6, 6.07) is 9.84. The molecule has 0 radical (unpaired) electrons. The number of esters is 1. The summed E-state index contributed by atoms with van der Waals surface area (Å²) < 4.78 is 25.7. The molecule has 0 atom stereocenters. The Morgan fingerprint density at radius 3 is 2.60 bits per heavy atom. The molecule has 2 heterocycles. The van der Waals surface area contributed by atoms with Crippen molar-refractivity contribution in [2.45, 2.75) is 20.4 Å². The number of aromatic nitrogens is 1. The number of para-hydroxylation sites is 1. The number of hydrogen-bond acceptors (Lipinski definition) is 5. The molecule has 3 rings (SSSR count). The Bertz CT molecular complexity index is 1070. The molecule has 30 heavy (non-hydrogen) atoms. The maximum atomic E-state index is 13.5. The molecular weight excluding hydrogens is 393 g/mol. The van der Waals surface area contributed by atoms with Crippen molar-refractivity contribution in [1.29, 1.82) is 0 Å². The van der Waals surface area contributed by atoms with Crippen LogP contribution in [0.5, 0.6) is 0 Å². The van der Waals surface area contributed by atoms with Crippen molar-refractivity contribution in [2.24, 2.45) is 0 Å². The van der Waals surface area contributed by atoms with Gasteiger partial charge in [0.25, 0.3) is 5.91 Å². The third-order valence-electron chi connectivity index (χ3n) is 4.40. The zero-order chi connectivity index (χ0) is 21.7. The lowest BCUT2D eigenvalue weighted by atomic mass is 10.2. The fourth-order valence-corrected chi connectivity index (χ4v) is 2.90. The van der Waals surface area contributed by atoms with Gasteiger partial charge in [-0.05, 0) is 44.2 Å². The summed E-state index contributed by atoms with van der Waals surface area (Å²) in [5.41, 5.74) is 1.71. The van der Waals surface area contributed by atoms with Crippen molar-refractivity contribution in [3.05, 3.63) is 77.3 Å². The van der Waals surface area contributed by atoms with Crippen LogP contribution in [0, 0.1) is 19.7 Å². The lowest BCUT2D eigenvalue weighted by Crippen LogP contribution is -2.37. The van der Waals surface area contributed by atoms with Crippen LogP contribution in [0.15, 0.2) is 53.1 Å². The van der Waals surface area contributed by atoms with E-state index in [0.29, 0.717) is 17.8 Å². The Kier molecular flexibility index (Phi) is 6.31. The highest BCUT2D eigenvalue weighted by Gasteiger charge is 2.19. The van der Waals surface area contributed by atoms with Gasteiger partial charge >= 0.3 is 12.0 Å². The van der Waals surface area contributed by atoms with Gasteiger partial charge in [-0.15, -0.1) is 0 Å². The number of halogens is 1. The van der Waals surface area contributed by atoms with E-state index in [1.54, 1.807) is 25.3 Å². The van der Waals surface area contributed by atoms with Gasteiger partial charge < -0.3 is 19.0 Å². The number of ether oxygens (including phenoxy) is 1. The second-order valence-electron chi connectivity index (χ2n) is 6.51. The van der Waals surface area contributed by atoms with E-state index in [9.17, 15) is 18.8 Å². The molecule has 0 aliphatic heterocycles. The summed E-state index contributed by atoms with van der Waals surface area (Å²) >= 11 is 0. The Morgan fingerprint density at radius 1 is 1.13 bits per heavy atom. The summed E-state index contributed by atoms with van der Waals surface area (Å²) in [5.74, 6) is -1.45. The van der Waals surface area contributed by atoms with Crippen LogP contribution < -0.4 is 10.6 Å². The fourth-order valence-electron chi connectivity index (χ4n) is 2.90. The van der Waals surface area contributed by atoms with Gasteiger partial charge in [0, 0.05) is 11.4 Å². The minimum atomic E-state index is -0.933. The zero-order valence-electron chi connectivity index (χ0n) is 16.4. The quantitative estimate of drug-likeness (QED) is 0.603. The minimum absolute atomic E-state index is 0.0798. The van der Waals surface area contributed by atoms with E-state index in [0.717, 1.165) is 11.5 Å². The number of hydrogen-bond donors (Lipinski definition) is 2. The number of carbonyl (C=O) groups is 3. The average Bonchev–Trinajstić information content (AvgIpc) is 3.31. The van der Waals surface area contributed by atoms with Crippen LogP contribution in [-0.4, -0.2) is 29.1 Å². The first-order valence-corrected chi connectivity index (χ1v) is 9.06. The molecule has 3 aromatic rings. The van der Waals surface area contributed by atoms with E-state index < -0.39 is 30.3 Å². The van der Waals surface area contributed by atoms with E-state index in [1.807, 2.05) is 22.9 Å². The van der Waals surface area contributed by atoms with Gasteiger partial charge in [0.05, 0.1) is 24.1 Å².